The second-order valence-corrected chi connectivity index (χ2v) is 6.04. The van der Waals surface area contributed by atoms with Crippen LogP contribution in [0.15, 0.2) is 48.5 Å². The summed E-state index contributed by atoms with van der Waals surface area (Å²) in [6, 6.07) is 13.3. The van der Waals surface area contributed by atoms with Crippen molar-refractivity contribution in [1.82, 2.24) is 0 Å². The first-order valence-corrected chi connectivity index (χ1v) is 7.86. The molecule has 2 aromatic rings. The highest BCUT2D eigenvalue weighted by atomic mass is 16.6. The Labute approximate surface area is 144 Å². The van der Waals surface area contributed by atoms with E-state index in [0.29, 0.717) is 12.2 Å². The minimum Gasteiger partial charge on any atom is -0.326 e. The van der Waals surface area contributed by atoms with Gasteiger partial charge in [-0.3, -0.25) is 19.7 Å². The van der Waals surface area contributed by atoms with Crippen molar-refractivity contribution in [3.05, 3.63) is 64.2 Å². The third-order valence-electron chi connectivity index (χ3n) is 4.13. The van der Waals surface area contributed by atoms with E-state index in [9.17, 15) is 19.7 Å². The number of nitro benzene ring substituents is 1. The van der Waals surface area contributed by atoms with Crippen LogP contribution in [0.3, 0.4) is 0 Å². The summed E-state index contributed by atoms with van der Waals surface area (Å²) in [5.41, 5.74) is 2.06. The zero-order valence-corrected chi connectivity index (χ0v) is 13.6. The molecular weight excluding hydrogens is 322 g/mol. The summed E-state index contributed by atoms with van der Waals surface area (Å²) >= 11 is 0. The molecule has 0 aliphatic carbocycles. The van der Waals surface area contributed by atoms with Crippen LogP contribution in [0.5, 0.6) is 0 Å². The number of rotatable bonds is 4. The van der Waals surface area contributed by atoms with Crippen LogP contribution in [-0.4, -0.2) is 23.3 Å². The Balaban J connectivity index is 1.71. The first-order chi connectivity index (χ1) is 11.9. The zero-order valence-electron chi connectivity index (χ0n) is 13.6. The van der Waals surface area contributed by atoms with Crippen LogP contribution in [-0.2, 0) is 9.59 Å². The number of hydrogen-bond donors (Lipinski definition) is 1. The average molecular weight is 339 g/mol. The largest absolute Gasteiger partial charge is 0.326 e. The van der Waals surface area contributed by atoms with Crippen molar-refractivity contribution in [3.8, 4) is 0 Å². The third-order valence-corrected chi connectivity index (χ3v) is 4.13. The van der Waals surface area contributed by atoms with Gasteiger partial charge in [-0.25, -0.2) is 0 Å². The zero-order chi connectivity index (χ0) is 18.0. The summed E-state index contributed by atoms with van der Waals surface area (Å²) in [4.78, 5) is 36.6. The number of nitrogens with zero attached hydrogens (tertiary/aromatic N) is 2. The molecule has 1 aliphatic rings. The first-order valence-electron chi connectivity index (χ1n) is 7.86. The molecule has 0 saturated carbocycles. The fourth-order valence-electron chi connectivity index (χ4n) is 2.87. The van der Waals surface area contributed by atoms with Gasteiger partial charge < -0.3 is 10.2 Å². The minimum absolute atomic E-state index is 0.0957. The molecule has 0 aromatic heterocycles. The van der Waals surface area contributed by atoms with Crippen LogP contribution in [0.4, 0.5) is 17.1 Å². The third kappa shape index (κ3) is 3.65. The summed E-state index contributed by atoms with van der Waals surface area (Å²) < 4.78 is 0. The Morgan fingerprint density at radius 3 is 2.72 bits per heavy atom. The van der Waals surface area contributed by atoms with Crippen LogP contribution in [0.2, 0.25) is 0 Å². The average Bonchev–Trinajstić information content (AvgIpc) is 2.97. The molecule has 2 amide bonds. The molecule has 2 aromatic carbocycles. The van der Waals surface area contributed by atoms with Crippen molar-refractivity contribution in [1.29, 1.82) is 0 Å². The fraction of sp³-hybridized carbons (Fsp3) is 0.222. The molecule has 25 heavy (non-hydrogen) atoms. The molecule has 1 saturated heterocycles. The number of amides is 2. The van der Waals surface area contributed by atoms with E-state index in [0.717, 1.165) is 11.3 Å². The number of anilines is 2. The highest BCUT2D eigenvalue weighted by Gasteiger charge is 2.35. The van der Waals surface area contributed by atoms with Gasteiger partial charge >= 0.3 is 0 Å². The monoisotopic (exact) mass is 339 g/mol. The SMILES string of the molecule is Cc1cccc(N2C[C@@H](C(=O)Nc3cccc([N+](=O)[O-])c3)CC2=O)c1. The number of carbonyl (C=O) groups excluding carboxylic acids is 2. The van der Waals surface area contributed by atoms with Gasteiger partial charge in [0.15, 0.2) is 0 Å². The smallest absolute Gasteiger partial charge is 0.271 e. The summed E-state index contributed by atoms with van der Waals surface area (Å²) in [6.45, 7) is 2.24. The van der Waals surface area contributed by atoms with Gasteiger partial charge in [-0.1, -0.05) is 18.2 Å². The van der Waals surface area contributed by atoms with Crippen molar-refractivity contribution in [2.24, 2.45) is 5.92 Å². The van der Waals surface area contributed by atoms with Gasteiger partial charge in [-0.2, -0.15) is 0 Å². The van der Waals surface area contributed by atoms with Gasteiger partial charge in [-0.15, -0.1) is 0 Å². The van der Waals surface area contributed by atoms with Gasteiger partial charge in [0.25, 0.3) is 5.69 Å². The molecular formula is C18H17N3O4. The molecule has 1 heterocycles. The van der Waals surface area contributed by atoms with Crippen LogP contribution < -0.4 is 10.2 Å². The number of non-ortho nitro benzene ring substituents is 1. The fourth-order valence-corrected chi connectivity index (χ4v) is 2.87. The highest BCUT2D eigenvalue weighted by Crippen LogP contribution is 2.27. The summed E-state index contributed by atoms with van der Waals surface area (Å²) in [6.07, 6.45) is 0.120. The Hall–Kier alpha value is -3.22. The van der Waals surface area contributed by atoms with Crippen LogP contribution >= 0.6 is 0 Å². The van der Waals surface area contributed by atoms with Crippen molar-refractivity contribution in [2.45, 2.75) is 13.3 Å². The van der Waals surface area contributed by atoms with Gasteiger partial charge in [0.1, 0.15) is 0 Å². The Morgan fingerprint density at radius 1 is 1.24 bits per heavy atom. The molecule has 0 spiro atoms. The van der Waals surface area contributed by atoms with Crippen LogP contribution in [0.1, 0.15) is 12.0 Å². The maximum absolute atomic E-state index is 12.4. The molecule has 7 heteroatoms. The molecule has 7 nitrogen and oxygen atoms in total. The molecule has 1 fully saturated rings. The van der Waals surface area contributed by atoms with Gasteiger partial charge in [-0.05, 0) is 30.7 Å². The Bertz CT molecular complexity index is 850. The molecule has 128 valence electrons. The van der Waals surface area contributed by atoms with Crippen molar-refractivity contribution in [2.75, 3.05) is 16.8 Å². The van der Waals surface area contributed by atoms with Gasteiger partial charge in [0, 0.05) is 36.5 Å². The van der Waals surface area contributed by atoms with E-state index in [2.05, 4.69) is 5.32 Å². The van der Waals surface area contributed by atoms with E-state index in [1.54, 1.807) is 11.0 Å². The number of aryl methyl sites for hydroxylation is 1. The topological polar surface area (TPSA) is 92.6 Å². The summed E-state index contributed by atoms with van der Waals surface area (Å²) in [7, 11) is 0. The quantitative estimate of drug-likeness (QED) is 0.685. The van der Waals surface area contributed by atoms with Crippen LogP contribution in [0.25, 0.3) is 0 Å². The maximum atomic E-state index is 12.4. The van der Waals surface area contributed by atoms with E-state index in [1.165, 1.54) is 18.2 Å². The standard InChI is InChI=1S/C18H17N3O4/c1-12-4-2-6-15(8-12)20-11-13(9-17(20)22)18(23)19-14-5-3-7-16(10-14)21(24)25/h2-8,10,13H,9,11H2,1H3,(H,19,23)/t13-/m0/s1. The molecule has 3 rings (SSSR count). The number of nitro groups is 1. The predicted octanol–water partition coefficient (Wildman–Crippen LogP) is 2.89. The predicted molar refractivity (Wildman–Crippen MR) is 93.4 cm³/mol. The summed E-state index contributed by atoms with van der Waals surface area (Å²) in [5.74, 6) is -0.916. The second-order valence-electron chi connectivity index (χ2n) is 6.04. The number of nitrogens with one attached hydrogen (secondary N) is 1. The maximum Gasteiger partial charge on any atom is 0.271 e. The second kappa shape index (κ2) is 6.72. The van der Waals surface area contributed by atoms with E-state index in [1.807, 2.05) is 31.2 Å². The van der Waals surface area contributed by atoms with Crippen molar-refractivity contribution < 1.29 is 14.5 Å². The highest BCUT2D eigenvalue weighted by molar-refractivity contribution is 6.03. The van der Waals surface area contributed by atoms with Gasteiger partial charge in [0.05, 0.1) is 10.8 Å². The van der Waals surface area contributed by atoms with Crippen molar-refractivity contribution in [3.63, 3.8) is 0 Å². The Kier molecular flexibility index (Phi) is 4.47. The lowest BCUT2D eigenvalue weighted by Crippen LogP contribution is -2.28. The molecule has 0 radical (unpaired) electrons. The number of benzene rings is 2. The molecule has 0 bridgehead atoms. The van der Waals surface area contributed by atoms with E-state index < -0.39 is 10.8 Å². The summed E-state index contributed by atoms with van der Waals surface area (Å²) in [5, 5.41) is 13.5. The number of carbonyl (C=O) groups is 2. The van der Waals surface area contributed by atoms with Crippen molar-refractivity contribution >= 4 is 28.9 Å². The van der Waals surface area contributed by atoms with Crippen LogP contribution in [0, 0.1) is 23.0 Å². The molecule has 0 unspecified atom stereocenters. The number of hydrogen-bond acceptors (Lipinski definition) is 4. The molecule has 1 atom stereocenters. The first kappa shape index (κ1) is 16.6. The lowest BCUT2D eigenvalue weighted by Gasteiger charge is -2.17. The lowest BCUT2D eigenvalue weighted by molar-refractivity contribution is -0.384. The minimum atomic E-state index is -0.520. The van der Waals surface area contributed by atoms with E-state index >= 15 is 0 Å². The normalized spacial score (nSPS) is 16.8. The lowest BCUT2D eigenvalue weighted by atomic mass is 10.1. The van der Waals surface area contributed by atoms with Gasteiger partial charge in [0.2, 0.25) is 11.8 Å². The molecule has 1 N–H and O–H groups in total. The van der Waals surface area contributed by atoms with E-state index in [-0.39, 0.29) is 23.9 Å². The Morgan fingerprint density at radius 2 is 2.00 bits per heavy atom. The van der Waals surface area contributed by atoms with E-state index in [4.69, 9.17) is 0 Å². The molecule has 1 aliphatic heterocycles.